The first-order valence-corrected chi connectivity index (χ1v) is 2.96. The molecule has 0 bridgehead atoms. The molecule has 0 saturated heterocycles. The fourth-order valence-electron chi connectivity index (χ4n) is 0. The van der Waals surface area contributed by atoms with Gasteiger partial charge in [0.2, 0.25) is 0 Å². The molecular weight excluding hydrogens is 182 g/mol. The van der Waals surface area contributed by atoms with E-state index < -0.39 is 31.0 Å². The van der Waals surface area contributed by atoms with Crippen LogP contribution in [0.2, 0.25) is 0 Å². The van der Waals surface area contributed by atoms with E-state index in [-0.39, 0.29) is 60.8 Å². The monoisotopic (exact) mass is 188 g/mol. The molecule has 0 unspecified atom stereocenters. The molecule has 0 spiro atoms. The van der Waals surface area contributed by atoms with Gasteiger partial charge in [-0.25, -0.2) is 0 Å². The summed E-state index contributed by atoms with van der Waals surface area (Å²) < 4.78 is 31.3. The summed E-state index contributed by atoms with van der Waals surface area (Å²) in [4.78, 5) is 0. The van der Waals surface area contributed by atoms with Gasteiger partial charge in [0, 0.05) is 0 Å². The van der Waals surface area contributed by atoms with E-state index in [2.05, 4.69) is 0 Å². The molecule has 0 rings (SSSR count). The molecule has 0 fully saturated rings. The van der Waals surface area contributed by atoms with Crippen molar-refractivity contribution in [2.75, 3.05) is 0 Å². The molecule has 0 aromatic rings. The van der Waals surface area contributed by atoms with E-state index in [0.717, 1.165) is 0 Å². The molecule has 0 aliphatic heterocycles. The third kappa shape index (κ3) is 84.0. The zero-order valence-corrected chi connectivity index (χ0v) is 5.18. The molecule has 0 heterocycles. The first-order valence-electron chi connectivity index (χ1n) is 0.988. The molecule has 0 amide bonds. The second kappa shape index (κ2) is 34.7. The molecule has 40 valence electrons. The fraction of sp³-hybridized carbons (Fsp3) is 0. The summed E-state index contributed by atoms with van der Waals surface area (Å²) in [7, 11) is 0. The summed E-state index contributed by atoms with van der Waals surface area (Å²) in [6.45, 7) is 0. The van der Waals surface area contributed by atoms with Gasteiger partial charge in [-0.1, -0.05) is 0 Å². The van der Waals surface area contributed by atoms with Crippen molar-refractivity contribution in [1.29, 1.82) is 0 Å². The third-order valence-corrected chi connectivity index (χ3v) is 0. The van der Waals surface area contributed by atoms with Crippen molar-refractivity contribution in [3.63, 3.8) is 0 Å². The van der Waals surface area contributed by atoms with Gasteiger partial charge in [0.15, 0.2) is 0 Å². The maximum atomic E-state index is 8.57. The van der Waals surface area contributed by atoms with Gasteiger partial charge in [0.1, 0.15) is 0 Å². The molecule has 8 heavy (non-hydrogen) atoms. The molecule has 0 aliphatic rings. The summed E-state index contributed by atoms with van der Waals surface area (Å²) in [6.07, 6.45) is 0. The van der Waals surface area contributed by atoms with Gasteiger partial charge in [-0.05, 0) is 0 Å². The van der Waals surface area contributed by atoms with Gasteiger partial charge in [-0.3, -0.25) is 0 Å². The Morgan fingerprint density at radius 1 is 1.00 bits per heavy atom. The molecule has 0 aliphatic carbocycles. The molecule has 8 heteroatoms. The summed E-state index contributed by atoms with van der Waals surface area (Å²) in [5.74, 6) is 0. The predicted octanol–water partition coefficient (Wildman–Crippen LogP) is -3.95. The average Bonchev–Trinajstić information content (AvgIpc) is 1.39. The third-order valence-electron chi connectivity index (χ3n) is 0. The van der Waals surface area contributed by atoms with Crippen LogP contribution in [0.25, 0.3) is 0 Å². The molecule has 0 aromatic heterocycles. The Morgan fingerprint density at radius 3 is 1.00 bits per heavy atom. The minimum absolute atomic E-state index is 0. The molecular formula is H6Al2CaMgO4. The van der Waals surface area contributed by atoms with Crippen LogP contribution in [0.15, 0.2) is 0 Å². The van der Waals surface area contributed by atoms with Crippen molar-refractivity contribution in [2.24, 2.45) is 0 Å². The molecule has 0 atom stereocenters. The van der Waals surface area contributed by atoms with Crippen LogP contribution in [0.4, 0.5) is 0 Å². The Labute approximate surface area is 106 Å². The van der Waals surface area contributed by atoms with Gasteiger partial charge in [-0.15, -0.1) is 0 Å². The Bertz CT molecular complexity index is 35.0. The van der Waals surface area contributed by atoms with Gasteiger partial charge < -0.3 is 0 Å². The van der Waals surface area contributed by atoms with Gasteiger partial charge in [-0.2, -0.15) is 0 Å². The number of hydrogen-bond acceptors (Lipinski definition) is 2. The normalized spacial score (nSPS) is 2.00. The van der Waals surface area contributed by atoms with Crippen LogP contribution in [0.5, 0.6) is 0 Å². The number of hydrogen-bond donors (Lipinski definition) is 2. The summed E-state index contributed by atoms with van der Waals surface area (Å²) in [5.41, 5.74) is 0. The van der Waals surface area contributed by atoms with Crippen molar-refractivity contribution in [3.05, 3.63) is 0 Å². The van der Waals surface area contributed by atoms with Crippen LogP contribution < -0.4 is 0 Å². The minimum atomic E-state index is -1.50. The molecule has 4 nitrogen and oxygen atoms in total. The van der Waals surface area contributed by atoms with Crippen LogP contribution in [0.3, 0.4) is 0 Å². The quantitative estimate of drug-likeness (QED) is 0.381. The maximum absolute atomic E-state index is 8.57. The Morgan fingerprint density at radius 2 is 1.00 bits per heavy atom. The Balaban J connectivity index is -0.0000000160. The van der Waals surface area contributed by atoms with Crippen LogP contribution in [0.1, 0.15) is 0 Å². The van der Waals surface area contributed by atoms with E-state index in [1.165, 1.54) is 0 Å². The van der Waals surface area contributed by atoms with Crippen molar-refractivity contribution >= 4 is 91.8 Å². The summed E-state index contributed by atoms with van der Waals surface area (Å²) in [6, 6.07) is 0. The van der Waals surface area contributed by atoms with Crippen LogP contribution in [-0.2, 0) is 7.61 Å². The van der Waals surface area contributed by atoms with Crippen molar-refractivity contribution in [1.82, 2.24) is 0 Å². The SMILES string of the molecule is [CaH2].[MgH2].[O]=[Al][OH].[O]=[Al][OH]. The summed E-state index contributed by atoms with van der Waals surface area (Å²) in [5, 5.41) is 0. The standard InChI is InChI=1S/2Al.Ca.Mg.2H2O.2O.4H/h;;;;2*1H2;;;;;;/q2*+1;;;;;;;;;;/p-2. The predicted molar refractivity (Wildman–Crippen MR) is 34.4 cm³/mol. The van der Waals surface area contributed by atoms with E-state index in [0.29, 0.717) is 0 Å². The van der Waals surface area contributed by atoms with Crippen molar-refractivity contribution < 1.29 is 15.9 Å². The molecule has 0 radical (unpaired) electrons. The van der Waals surface area contributed by atoms with E-state index in [1.807, 2.05) is 0 Å². The Kier molecular flexibility index (Phi) is 97.3. The van der Waals surface area contributed by atoms with Gasteiger partial charge in [0.05, 0.1) is 0 Å². The molecule has 0 saturated carbocycles. The van der Waals surface area contributed by atoms with Crippen LogP contribution in [0, 0.1) is 0 Å². The molecule has 2 N–H and O–H groups in total. The Hall–Kier alpha value is 2.29. The van der Waals surface area contributed by atoms with Crippen molar-refractivity contribution in [3.8, 4) is 0 Å². The summed E-state index contributed by atoms with van der Waals surface area (Å²) >= 11 is -3.00. The van der Waals surface area contributed by atoms with E-state index in [4.69, 9.17) is 15.9 Å². The van der Waals surface area contributed by atoms with Crippen LogP contribution in [-0.4, -0.2) is 100 Å². The van der Waals surface area contributed by atoms with E-state index in [1.54, 1.807) is 0 Å². The second-order valence-electron chi connectivity index (χ2n) is 0.211. The average molecular weight is 188 g/mol. The fourth-order valence-corrected chi connectivity index (χ4v) is 0. The molecule has 0 aromatic carbocycles. The topological polar surface area (TPSA) is 74.6 Å². The first kappa shape index (κ1) is 22.4. The van der Waals surface area contributed by atoms with E-state index in [9.17, 15) is 0 Å². The zero-order valence-electron chi connectivity index (χ0n) is 2.87. The second-order valence-corrected chi connectivity index (χ2v) is 0.632. The van der Waals surface area contributed by atoms with Gasteiger partial charge in [0.25, 0.3) is 0 Å². The van der Waals surface area contributed by atoms with Crippen LogP contribution >= 0.6 is 0 Å². The van der Waals surface area contributed by atoms with Gasteiger partial charge >= 0.3 is 108 Å². The van der Waals surface area contributed by atoms with Crippen molar-refractivity contribution in [2.45, 2.75) is 0 Å². The number of rotatable bonds is 0. The van der Waals surface area contributed by atoms with E-state index >= 15 is 0 Å². The zero-order chi connectivity index (χ0) is 5.41. The first-order chi connectivity index (χ1) is 2.83.